The summed E-state index contributed by atoms with van der Waals surface area (Å²) in [5, 5.41) is 10.5. The van der Waals surface area contributed by atoms with Gasteiger partial charge < -0.3 is 15.4 Å². The van der Waals surface area contributed by atoms with Crippen molar-refractivity contribution < 1.29 is 9.66 Å². The van der Waals surface area contributed by atoms with Gasteiger partial charge in [-0.15, -0.1) is 0 Å². The van der Waals surface area contributed by atoms with Gasteiger partial charge in [0, 0.05) is 18.7 Å². The van der Waals surface area contributed by atoms with Crippen molar-refractivity contribution in [3.63, 3.8) is 0 Å². The first-order valence-corrected chi connectivity index (χ1v) is 4.82. The maximum atomic E-state index is 10.5. The van der Waals surface area contributed by atoms with E-state index < -0.39 is 4.92 Å². The Morgan fingerprint density at radius 2 is 2.19 bits per heavy atom. The van der Waals surface area contributed by atoms with E-state index in [1.165, 1.54) is 18.2 Å². The van der Waals surface area contributed by atoms with Crippen molar-refractivity contribution in [2.45, 2.75) is 0 Å². The van der Waals surface area contributed by atoms with Crippen LogP contribution in [0, 0.1) is 10.1 Å². The monoisotopic (exact) mass is 225 g/mol. The zero-order valence-electron chi connectivity index (χ0n) is 9.34. The van der Waals surface area contributed by atoms with E-state index in [9.17, 15) is 10.1 Å². The third-order valence-electron chi connectivity index (χ3n) is 2.00. The number of hydrogen-bond acceptors (Lipinski definition) is 5. The molecule has 6 heteroatoms. The number of hydrogen-bond donors (Lipinski definition) is 1. The number of non-ortho nitro benzene ring substituents is 1. The molecule has 0 saturated heterocycles. The Labute approximate surface area is 93.8 Å². The molecule has 0 aliphatic heterocycles. The van der Waals surface area contributed by atoms with E-state index in [0.29, 0.717) is 12.4 Å². The molecule has 0 bridgehead atoms. The van der Waals surface area contributed by atoms with Crippen molar-refractivity contribution in [3.8, 4) is 5.75 Å². The Bertz CT molecular complexity index is 380. The van der Waals surface area contributed by atoms with Crippen molar-refractivity contribution in [2.75, 3.05) is 33.0 Å². The van der Waals surface area contributed by atoms with Crippen molar-refractivity contribution in [1.82, 2.24) is 4.90 Å². The fourth-order valence-corrected chi connectivity index (χ4v) is 1.12. The normalized spacial score (nSPS) is 10.4. The lowest BCUT2D eigenvalue weighted by molar-refractivity contribution is -0.384. The summed E-state index contributed by atoms with van der Waals surface area (Å²) in [5.41, 5.74) is 5.89. The van der Waals surface area contributed by atoms with Gasteiger partial charge in [-0.25, -0.2) is 0 Å². The summed E-state index contributed by atoms with van der Waals surface area (Å²) in [4.78, 5) is 12.0. The number of nitrogens with two attached hydrogens (primary N) is 1. The third-order valence-corrected chi connectivity index (χ3v) is 2.00. The highest BCUT2D eigenvalue weighted by atomic mass is 16.6. The zero-order valence-corrected chi connectivity index (χ0v) is 9.34. The molecule has 1 aromatic carbocycles. The van der Waals surface area contributed by atoms with E-state index in [0.717, 1.165) is 6.54 Å². The summed E-state index contributed by atoms with van der Waals surface area (Å²) in [5.74, 6) is 0.479. The van der Waals surface area contributed by atoms with Gasteiger partial charge in [0.1, 0.15) is 12.4 Å². The van der Waals surface area contributed by atoms with Crippen LogP contribution >= 0.6 is 0 Å². The number of anilines is 1. The summed E-state index contributed by atoms with van der Waals surface area (Å²) < 4.78 is 5.39. The van der Waals surface area contributed by atoms with Crippen molar-refractivity contribution >= 4 is 11.4 Å². The highest BCUT2D eigenvalue weighted by Crippen LogP contribution is 2.25. The molecule has 0 unspecified atom stereocenters. The van der Waals surface area contributed by atoms with Crippen molar-refractivity contribution in [3.05, 3.63) is 28.3 Å². The van der Waals surface area contributed by atoms with Gasteiger partial charge in [-0.2, -0.15) is 0 Å². The molecule has 0 saturated carbocycles. The summed E-state index contributed by atoms with van der Waals surface area (Å²) in [7, 11) is 3.87. The van der Waals surface area contributed by atoms with Gasteiger partial charge in [-0.3, -0.25) is 10.1 Å². The smallest absolute Gasteiger partial charge is 0.271 e. The van der Waals surface area contributed by atoms with Gasteiger partial charge >= 0.3 is 0 Å². The van der Waals surface area contributed by atoms with Crippen LogP contribution in [0.1, 0.15) is 0 Å². The van der Waals surface area contributed by atoms with Crippen LogP contribution in [-0.2, 0) is 0 Å². The van der Waals surface area contributed by atoms with E-state index in [4.69, 9.17) is 10.5 Å². The first-order chi connectivity index (χ1) is 7.50. The van der Waals surface area contributed by atoms with Gasteiger partial charge in [0.2, 0.25) is 0 Å². The van der Waals surface area contributed by atoms with E-state index in [1.807, 2.05) is 19.0 Å². The Morgan fingerprint density at radius 1 is 1.50 bits per heavy atom. The number of benzene rings is 1. The maximum absolute atomic E-state index is 10.5. The van der Waals surface area contributed by atoms with E-state index in [-0.39, 0.29) is 11.4 Å². The zero-order chi connectivity index (χ0) is 12.1. The second-order valence-electron chi connectivity index (χ2n) is 3.63. The van der Waals surface area contributed by atoms with Crippen molar-refractivity contribution in [2.24, 2.45) is 0 Å². The van der Waals surface area contributed by atoms with Crippen LogP contribution in [0.15, 0.2) is 18.2 Å². The molecule has 88 valence electrons. The lowest BCUT2D eigenvalue weighted by atomic mass is 10.2. The number of likely N-dealkylation sites (N-methyl/N-ethyl adjacent to an activating group) is 1. The van der Waals surface area contributed by atoms with Crippen LogP contribution in [0.4, 0.5) is 11.4 Å². The number of nitrogens with zero attached hydrogens (tertiary/aromatic N) is 2. The van der Waals surface area contributed by atoms with Crippen LogP contribution in [0.5, 0.6) is 5.75 Å². The number of rotatable bonds is 5. The molecule has 0 fully saturated rings. The number of ether oxygens (including phenoxy) is 1. The standard InChI is InChI=1S/C10H15N3O3/c1-12(2)5-6-16-10-4-3-8(13(14)15)7-9(10)11/h3-4,7H,5-6,11H2,1-2H3. The van der Waals surface area contributed by atoms with Crippen molar-refractivity contribution in [1.29, 1.82) is 0 Å². The Balaban J connectivity index is 2.64. The second-order valence-corrected chi connectivity index (χ2v) is 3.63. The molecule has 0 amide bonds. The molecule has 0 heterocycles. The second kappa shape index (κ2) is 5.32. The Kier molecular flexibility index (Phi) is 4.07. The molecular weight excluding hydrogens is 210 g/mol. The first-order valence-electron chi connectivity index (χ1n) is 4.82. The molecule has 6 nitrogen and oxygen atoms in total. The Hall–Kier alpha value is -1.82. The van der Waals surface area contributed by atoms with Crippen LogP contribution in [-0.4, -0.2) is 37.1 Å². The molecule has 2 N–H and O–H groups in total. The van der Waals surface area contributed by atoms with E-state index in [2.05, 4.69) is 0 Å². The molecule has 0 atom stereocenters. The fourth-order valence-electron chi connectivity index (χ4n) is 1.12. The molecule has 0 spiro atoms. The fraction of sp³-hybridized carbons (Fsp3) is 0.400. The summed E-state index contributed by atoms with van der Waals surface area (Å²) >= 11 is 0. The number of nitrogen functional groups attached to an aromatic ring is 1. The van der Waals surface area contributed by atoms with E-state index in [1.54, 1.807) is 0 Å². The lowest BCUT2D eigenvalue weighted by Gasteiger charge is -2.12. The summed E-state index contributed by atoms with van der Waals surface area (Å²) in [6.07, 6.45) is 0. The van der Waals surface area contributed by atoms with Crippen LogP contribution in [0.25, 0.3) is 0 Å². The molecule has 0 aliphatic rings. The maximum Gasteiger partial charge on any atom is 0.271 e. The highest BCUT2D eigenvalue weighted by Gasteiger charge is 2.09. The van der Waals surface area contributed by atoms with Crippen LogP contribution in [0.3, 0.4) is 0 Å². The summed E-state index contributed by atoms with van der Waals surface area (Å²) in [6.45, 7) is 1.26. The number of nitro groups is 1. The SMILES string of the molecule is CN(C)CCOc1ccc([N+](=O)[O-])cc1N. The number of nitro benzene ring substituents is 1. The molecule has 16 heavy (non-hydrogen) atoms. The minimum Gasteiger partial charge on any atom is -0.490 e. The van der Waals surface area contributed by atoms with Crippen LogP contribution in [0.2, 0.25) is 0 Å². The predicted molar refractivity (Wildman–Crippen MR) is 61.6 cm³/mol. The highest BCUT2D eigenvalue weighted by molar-refractivity contribution is 5.58. The van der Waals surface area contributed by atoms with Gasteiger partial charge in [0.05, 0.1) is 10.6 Å². The van der Waals surface area contributed by atoms with Gasteiger partial charge in [-0.05, 0) is 20.2 Å². The van der Waals surface area contributed by atoms with Gasteiger partial charge in [0.15, 0.2) is 0 Å². The largest absolute Gasteiger partial charge is 0.490 e. The Morgan fingerprint density at radius 3 is 2.69 bits per heavy atom. The van der Waals surface area contributed by atoms with Crippen LogP contribution < -0.4 is 10.5 Å². The molecule has 0 radical (unpaired) electrons. The summed E-state index contributed by atoms with van der Waals surface area (Å²) in [6, 6.07) is 4.19. The molecule has 1 aromatic rings. The minimum absolute atomic E-state index is 0.0301. The topological polar surface area (TPSA) is 81.6 Å². The molecule has 0 aliphatic carbocycles. The van der Waals surface area contributed by atoms with Gasteiger partial charge in [0.25, 0.3) is 5.69 Å². The first kappa shape index (κ1) is 12.3. The molecule has 1 rings (SSSR count). The molecular formula is C10H15N3O3. The minimum atomic E-state index is -0.486. The molecule has 0 aromatic heterocycles. The average molecular weight is 225 g/mol. The quantitative estimate of drug-likeness (QED) is 0.461. The predicted octanol–water partition coefficient (Wildman–Crippen LogP) is 1.12. The third kappa shape index (κ3) is 3.39. The van der Waals surface area contributed by atoms with Gasteiger partial charge in [-0.1, -0.05) is 0 Å². The van der Waals surface area contributed by atoms with E-state index >= 15 is 0 Å². The lowest BCUT2D eigenvalue weighted by Crippen LogP contribution is -2.19. The average Bonchev–Trinajstić information content (AvgIpc) is 2.19.